The van der Waals surface area contributed by atoms with Crippen LogP contribution in [0.3, 0.4) is 0 Å². The molecule has 4 atom stereocenters. The lowest BCUT2D eigenvalue weighted by molar-refractivity contribution is -0.160. The van der Waals surface area contributed by atoms with E-state index in [0.29, 0.717) is 11.2 Å². The van der Waals surface area contributed by atoms with Crippen LogP contribution in [0.2, 0.25) is 0 Å². The van der Waals surface area contributed by atoms with E-state index in [4.69, 9.17) is 15.6 Å². The lowest BCUT2D eigenvalue weighted by Gasteiger charge is -2.18. The average molecular weight is 295 g/mol. The molecule has 0 radical (unpaired) electrons. The average Bonchev–Trinajstić information content (AvgIpc) is 3.02. The molecule has 0 bridgehead atoms. The van der Waals surface area contributed by atoms with Crippen molar-refractivity contribution in [2.45, 2.75) is 31.0 Å². The van der Waals surface area contributed by atoms with Gasteiger partial charge in [-0.3, -0.25) is 4.57 Å². The standard InChI is InChI=1S/C11H13N5O5/c12-9-6-10(14-2-13-9)16(3-15-6)5-1-4(17)8(21-5)7(18)11(19)20/h2-5,7-8,17-18H,1H2,(H,19,20)(H2,12,13,14)/t4-,5+,7?,8-/m0/s1. The van der Waals surface area contributed by atoms with Crippen LogP contribution >= 0.6 is 0 Å². The van der Waals surface area contributed by atoms with Crippen molar-refractivity contribution >= 4 is 23.0 Å². The minimum absolute atomic E-state index is 0.102. The topological polar surface area (TPSA) is 157 Å². The zero-order chi connectivity index (χ0) is 15.1. The van der Waals surface area contributed by atoms with Crippen LogP contribution in [0, 0.1) is 0 Å². The maximum absolute atomic E-state index is 10.8. The lowest BCUT2D eigenvalue weighted by atomic mass is 10.1. The molecule has 2 aromatic heterocycles. The second-order valence-corrected chi connectivity index (χ2v) is 4.72. The summed E-state index contributed by atoms with van der Waals surface area (Å²) >= 11 is 0. The van der Waals surface area contributed by atoms with Crippen molar-refractivity contribution in [3.63, 3.8) is 0 Å². The minimum atomic E-state index is -1.81. The second-order valence-electron chi connectivity index (χ2n) is 4.72. The number of carboxylic acid groups (broad SMARTS) is 1. The molecule has 1 aliphatic heterocycles. The summed E-state index contributed by atoms with van der Waals surface area (Å²) in [5.74, 6) is -1.25. The highest BCUT2D eigenvalue weighted by Crippen LogP contribution is 2.32. The SMILES string of the molecule is Nc1ncnc2c1ncn2[C@H]1C[C@H](O)[C@@H](C(O)C(=O)O)O1. The Morgan fingerprint density at radius 2 is 2.24 bits per heavy atom. The first kappa shape index (κ1) is 13.7. The third-order valence-electron chi connectivity index (χ3n) is 3.40. The normalized spacial score (nSPS) is 27.0. The summed E-state index contributed by atoms with van der Waals surface area (Å²) in [5.41, 5.74) is 6.47. The van der Waals surface area contributed by atoms with Gasteiger partial charge in [0.05, 0.1) is 12.4 Å². The zero-order valence-electron chi connectivity index (χ0n) is 10.7. The number of hydrogen-bond donors (Lipinski definition) is 4. The van der Waals surface area contributed by atoms with Crippen LogP contribution in [-0.4, -0.2) is 59.1 Å². The fourth-order valence-corrected chi connectivity index (χ4v) is 2.35. The molecule has 10 nitrogen and oxygen atoms in total. The van der Waals surface area contributed by atoms with Gasteiger partial charge >= 0.3 is 5.97 Å². The minimum Gasteiger partial charge on any atom is -0.479 e. The third-order valence-corrected chi connectivity index (χ3v) is 3.40. The van der Waals surface area contributed by atoms with Crippen molar-refractivity contribution in [1.29, 1.82) is 0 Å². The molecular weight excluding hydrogens is 282 g/mol. The monoisotopic (exact) mass is 295 g/mol. The van der Waals surface area contributed by atoms with Crippen LogP contribution in [0.1, 0.15) is 12.6 Å². The Kier molecular flexibility index (Phi) is 3.20. The third kappa shape index (κ3) is 2.18. The van der Waals surface area contributed by atoms with Crippen LogP contribution < -0.4 is 5.73 Å². The first-order chi connectivity index (χ1) is 9.99. The highest BCUT2D eigenvalue weighted by atomic mass is 16.5. The number of carbonyl (C=O) groups is 1. The van der Waals surface area contributed by atoms with Gasteiger partial charge in [0.25, 0.3) is 0 Å². The van der Waals surface area contributed by atoms with E-state index in [0.717, 1.165) is 0 Å². The largest absolute Gasteiger partial charge is 0.479 e. The number of carboxylic acids is 1. The number of hydrogen-bond acceptors (Lipinski definition) is 8. The fraction of sp³-hybridized carbons (Fsp3) is 0.455. The molecule has 5 N–H and O–H groups in total. The van der Waals surface area contributed by atoms with Gasteiger partial charge in [0.1, 0.15) is 24.2 Å². The maximum atomic E-state index is 10.8. The number of ether oxygens (including phenoxy) is 1. The molecule has 0 amide bonds. The highest BCUT2D eigenvalue weighted by Gasteiger charge is 2.42. The Labute approximate surface area is 117 Å². The molecule has 2 aromatic rings. The van der Waals surface area contributed by atoms with Crippen LogP contribution in [0.5, 0.6) is 0 Å². The van der Waals surface area contributed by atoms with Gasteiger partial charge in [-0.15, -0.1) is 0 Å². The Morgan fingerprint density at radius 3 is 2.95 bits per heavy atom. The van der Waals surface area contributed by atoms with E-state index in [1.54, 1.807) is 0 Å². The number of aromatic nitrogens is 4. The van der Waals surface area contributed by atoms with E-state index < -0.39 is 30.5 Å². The molecular formula is C11H13N5O5. The number of aliphatic carboxylic acids is 1. The van der Waals surface area contributed by atoms with E-state index in [1.165, 1.54) is 17.2 Å². The highest BCUT2D eigenvalue weighted by molar-refractivity contribution is 5.81. The molecule has 0 saturated carbocycles. The van der Waals surface area contributed by atoms with E-state index in [2.05, 4.69) is 15.0 Å². The van der Waals surface area contributed by atoms with E-state index >= 15 is 0 Å². The molecule has 0 aliphatic carbocycles. The molecule has 1 saturated heterocycles. The van der Waals surface area contributed by atoms with Gasteiger partial charge in [-0.05, 0) is 0 Å². The smallest absolute Gasteiger partial charge is 0.335 e. The van der Waals surface area contributed by atoms with Gasteiger partial charge in [-0.1, -0.05) is 0 Å². The van der Waals surface area contributed by atoms with E-state index in [-0.39, 0.29) is 12.2 Å². The number of aliphatic hydroxyl groups is 2. The van der Waals surface area contributed by atoms with Crippen LogP contribution in [0.15, 0.2) is 12.7 Å². The number of rotatable bonds is 3. The van der Waals surface area contributed by atoms with E-state index in [1.807, 2.05) is 0 Å². The molecule has 3 heterocycles. The number of nitrogens with two attached hydrogens (primary N) is 1. The quantitative estimate of drug-likeness (QED) is 0.529. The van der Waals surface area contributed by atoms with Crippen LogP contribution in [0.4, 0.5) is 5.82 Å². The number of imidazole rings is 1. The van der Waals surface area contributed by atoms with Crippen molar-refractivity contribution in [2.75, 3.05) is 5.73 Å². The van der Waals surface area contributed by atoms with Crippen molar-refractivity contribution in [3.8, 4) is 0 Å². The van der Waals surface area contributed by atoms with Crippen molar-refractivity contribution in [1.82, 2.24) is 19.5 Å². The maximum Gasteiger partial charge on any atom is 0.335 e. The fourth-order valence-electron chi connectivity index (χ4n) is 2.35. The Bertz CT molecular complexity index is 689. The Morgan fingerprint density at radius 1 is 1.48 bits per heavy atom. The summed E-state index contributed by atoms with van der Waals surface area (Å²) in [5, 5.41) is 28.2. The first-order valence-corrected chi connectivity index (χ1v) is 6.16. The Hall–Kier alpha value is -2.30. The molecule has 21 heavy (non-hydrogen) atoms. The first-order valence-electron chi connectivity index (χ1n) is 6.16. The molecule has 3 rings (SSSR count). The van der Waals surface area contributed by atoms with Gasteiger partial charge in [0, 0.05) is 6.42 Å². The van der Waals surface area contributed by atoms with Gasteiger partial charge in [0.2, 0.25) is 0 Å². The van der Waals surface area contributed by atoms with E-state index in [9.17, 15) is 15.0 Å². The van der Waals surface area contributed by atoms with Gasteiger partial charge in [0.15, 0.2) is 17.6 Å². The predicted molar refractivity (Wildman–Crippen MR) is 67.9 cm³/mol. The molecule has 0 spiro atoms. The molecule has 10 heteroatoms. The summed E-state index contributed by atoms with van der Waals surface area (Å²) in [7, 11) is 0. The second kappa shape index (κ2) is 4.91. The predicted octanol–water partition coefficient (Wildman–Crippen LogP) is -1.50. The number of fused-ring (bicyclic) bond motifs is 1. The summed E-state index contributed by atoms with van der Waals surface area (Å²) in [6.45, 7) is 0. The summed E-state index contributed by atoms with van der Waals surface area (Å²) in [6, 6.07) is 0. The van der Waals surface area contributed by atoms with Crippen LogP contribution in [-0.2, 0) is 9.53 Å². The molecule has 1 unspecified atom stereocenters. The summed E-state index contributed by atoms with van der Waals surface area (Å²) in [6.07, 6.45) is -2.04. The van der Waals surface area contributed by atoms with Gasteiger partial charge < -0.3 is 25.8 Å². The molecule has 0 aromatic carbocycles. The van der Waals surface area contributed by atoms with Gasteiger partial charge in [-0.25, -0.2) is 19.7 Å². The summed E-state index contributed by atoms with van der Waals surface area (Å²) in [4.78, 5) is 22.7. The molecule has 112 valence electrons. The number of nitrogen functional groups attached to an aromatic ring is 1. The Balaban J connectivity index is 1.91. The van der Waals surface area contributed by atoms with Crippen molar-refractivity contribution in [2.24, 2.45) is 0 Å². The van der Waals surface area contributed by atoms with Crippen molar-refractivity contribution in [3.05, 3.63) is 12.7 Å². The van der Waals surface area contributed by atoms with Crippen molar-refractivity contribution < 1.29 is 24.9 Å². The lowest BCUT2D eigenvalue weighted by Crippen LogP contribution is -2.40. The summed E-state index contributed by atoms with van der Waals surface area (Å²) < 4.78 is 6.95. The number of aliphatic hydroxyl groups excluding tert-OH is 2. The zero-order valence-corrected chi connectivity index (χ0v) is 10.7. The van der Waals surface area contributed by atoms with Crippen LogP contribution in [0.25, 0.3) is 11.2 Å². The number of anilines is 1. The molecule has 1 aliphatic rings. The number of nitrogens with zero attached hydrogens (tertiary/aromatic N) is 4. The van der Waals surface area contributed by atoms with Gasteiger partial charge in [-0.2, -0.15) is 0 Å². The molecule has 1 fully saturated rings.